The SMILES string of the molecule is CCOc1ccc([C@H](N)c2nc(-c3ccc(OC)cc3)n[nH]2)cc1OCC. The van der Waals surface area contributed by atoms with Crippen LogP contribution in [0.3, 0.4) is 0 Å². The molecule has 0 radical (unpaired) electrons. The van der Waals surface area contributed by atoms with Gasteiger partial charge in [0.2, 0.25) is 0 Å². The number of benzene rings is 2. The largest absolute Gasteiger partial charge is 0.497 e. The summed E-state index contributed by atoms with van der Waals surface area (Å²) in [6.07, 6.45) is 0. The minimum atomic E-state index is -0.459. The monoisotopic (exact) mass is 368 g/mol. The third-order valence-electron chi connectivity index (χ3n) is 4.07. The number of rotatable bonds is 8. The summed E-state index contributed by atoms with van der Waals surface area (Å²) in [4.78, 5) is 4.54. The Balaban J connectivity index is 1.84. The van der Waals surface area contributed by atoms with E-state index in [1.165, 1.54) is 0 Å². The van der Waals surface area contributed by atoms with Crippen LogP contribution < -0.4 is 19.9 Å². The molecule has 0 fully saturated rings. The van der Waals surface area contributed by atoms with E-state index in [0.29, 0.717) is 36.4 Å². The lowest BCUT2D eigenvalue weighted by atomic mass is 10.1. The fourth-order valence-corrected chi connectivity index (χ4v) is 2.70. The average molecular weight is 368 g/mol. The first-order valence-corrected chi connectivity index (χ1v) is 8.88. The molecule has 3 rings (SSSR count). The van der Waals surface area contributed by atoms with Crippen LogP contribution in [-0.2, 0) is 0 Å². The van der Waals surface area contributed by atoms with Crippen LogP contribution >= 0.6 is 0 Å². The molecular weight excluding hydrogens is 344 g/mol. The Morgan fingerprint density at radius 2 is 1.70 bits per heavy atom. The Morgan fingerprint density at radius 1 is 1.00 bits per heavy atom. The van der Waals surface area contributed by atoms with Gasteiger partial charge in [0, 0.05) is 5.56 Å². The molecule has 0 aliphatic carbocycles. The minimum Gasteiger partial charge on any atom is -0.497 e. The second-order valence-electron chi connectivity index (χ2n) is 5.82. The number of hydrogen-bond acceptors (Lipinski definition) is 6. The number of nitrogens with two attached hydrogens (primary N) is 1. The third kappa shape index (κ3) is 4.20. The molecule has 3 aromatic rings. The first-order valence-electron chi connectivity index (χ1n) is 8.88. The fraction of sp³-hybridized carbons (Fsp3) is 0.300. The van der Waals surface area contributed by atoms with Crippen molar-refractivity contribution < 1.29 is 14.2 Å². The van der Waals surface area contributed by atoms with Gasteiger partial charge in [0.1, 0.15) is 11.6 Å². The zero-order valence-electron chi connectivity index (χ0n) is 15.7. The molecule has 0 spiro atoms. The molecule has 3 N–H and O–H groups in total. The molecule has 1 atom stereocenters. The Morgan fingerprint density at radius 3 is 2.37 bits per heavy atom. The summed E-state index contributed by atoms with van der Waals surface area (Å²) in [5, 5.41) is 7.21. The summed E-state index contributed by atoms with van der Waals surface area (Å²) in [7, 11) is 1.63. The van der Waals surface area contributed by atoms with Crippen molar-refractivity contribution in [2.75, 3.05) is 20.3 Å². The predicted octanol–water partition coefficient (Wildman–Crippen LogP) is 3.33. The van der Waals surface area contributed by atoms with E-state index in [-0.39, 0.29) is 0 Å². The lowest BCUT2D eigenvalue weighted by Crippen LogP contribution is -2.14. The van der Waals surface area contributed by atoms with E-state index in [4.69, 9.17) is 19.9 Å². The van der Waals surface area contributed by atoms with Gasteiger partial charge in [-0.2, -0.15) is 5.10 Å². The molecule has 1 aromatic heterocycles. The molecule has 0 aliphatic heterocycles. The van der Waals surface area contributed by atoms with E-state index in [1.807, 2.05) is 56.3 Å². The van der Waals surface area contributed by atoms with Crippen molar-refractivity contribution in [1.82, 2.24) is 15.2 Å². The molecule has 7 heteroatoms. The maximum absolute atomic E-state index is 6.39. The van der Waals surface area contributed by atoms with Crippen LogP contribution in [0.4, 0.5) is 0 Å². The van der Waals surface area contributed by atoms with Gasteiger partial charge in [-0.15, -0.1) is 0 Å². The molecule has 1 heterocycles. The zero-order valence-corrected chi connectivity index (χ0v) is 15.7. The smallest absolute Gasteiger partial charge is 0.181 e. The summed E-state index contributed by atoms with van der Waals surface area (Å²) in [6, 6.07) is 12.7. The van der Waals surface area contributed by atoms with Crippen molar-refractivity contribution in [3.63, 3.8) is 0 Å². The van der Waals surface area contributed by atoms with E-state index in [2.05, 4.69) is 15.2 Å². The van der Waals surface area contributed by atoms with Gasteiger partial charge in [0.25, 0.3) is 0 Å². The summed E-state index contributed by atoms with van der Waals surface area (Å²) < 4.78 is 16.4. The van der Waals surface area contributed by atoms with Crippen molar-refractivity contribution in [2.24, 2.45) is 5.73 Å². The first kappa shape index (κ1) is 18.7. The van der Waals surface area contributed by atoms with Crippen LogP contribution in [0, 0.1) is 0 Å². The van der Waals surface area contributed by atoms with Gasteiger partial charge in [0.05, 0.1) is 26.4 Å². The van der Waals surface area contributed by atoms with E-state index >= 15 is 0 Å². The van der Waals surface area contributed by atoms with Gasteiger partial charge in [-0.05, 0) is 55.8 Å². The molecule has 0 amide bonds. The summed E-state index contributed by atoms with van der Waals surface area (Å²) in [5.74, 6) is 3.31. The predicted molar refractivity (Wildman–Crippen MR) is 103 cm³/mol. The minimum absolute atomic E-state index is 0.459. The topological polar surface area (TPSA) is 95.3 Å². The van der Waals surface area contributed by atoms with Gasteiger partial charge in [-0.25, -0.2) is 4.98 Å². The number of nitrogens with zero attached hydrogens (tertiary/aromatic N) is 2. The van der Waals surface area contributed by atoms with Gasteiger partial charge in [-0.1, -0.05) is 6.07 Å². The first-order chi connectivity index (χ1) is 13.2. The van der Waals surface area contributed by atoms with Crippen molar-refractivity contribution >= 4 is 0 Å². The highest BCUT2D eigenvalue weighted by Crippen LogP contribution is 2.31. The Kier molecular flexibility index (Phi) is 5.93. The van der Waals surface area contributed by atoms with Crippen LogP contribution in [0.2, 0.25) is 0 Å². The highest BCUT2D eigenvalue weighted by molar-refractivity contribution is 5.56. The van der Waals surface area contributed by atoms with Crippen LogP contribution in [0.1, 0.15) is 31.3 Å². The third-order valence-corrected chi connectivity index (χ3v) is 4.07. The number of ether oxygens (including phenoxy) is 3. The molecule has 142 valence electrons. The number of H-pyrrole nitrogens is 1. The molecule has 27 heavy (non-hydrogen) atoms. The zero-order chi connectivity index (χ0) is 19.2. The number of nitrogens with one attached hydrogen (secondary N) is 1. The van der Waals surface area contributed by atoms with Crippen molar-refractivity contribution in [3.8, 4) is 28.6 Å². The summed E-state index contributed by atoms with van der Waals surface area (Å²) in [6.45, 7) is 4.98. The van der Waals surface area contributed by atoms with Gasteiger partial charge >= 0.3 is 0 Å². The fourth-order valence-electron chi connectivity index (χ4n) is 2.70. The molecule has 7 nitrogen and oxygen atoms in total. The highest BCUT2D eigenvalue weighted by Gasteiger charge is 2.17. The molecule has 0 aliphatic rings. The number of aromatic nitrogens is 3. The number of hydrogen-bond donors (Lipinski definition) is 2. The van der Waals surface area contributed by atoms with Crippen LogP contribution in [0.15, 0.2) is 42.5 Å². The normalized spacial score (nSPS) is 11.9. The summed E-state index contributed by atoms with van der Waals surface area (Å²) >= 11 is 0. The van der Waals surface area contributed by atoms with E-state index in [9.17, 15) is 0 Å². The van der Waals surface area contributed by atoms with Gasteiger partial charge < -0.3 is 19.9 Å². The lowest BCUT2D eigenvalue weighted by Gasteiger charge is -2.14. The molecule has 2 aromatic carbocycles. The number of aromatic amines is 1. The molecule has 0 saturated heterocycles. The maximum atomic E-state index is 6.39. The molecular formula is C20H24N4O3. The second-order valence-corrected chi connectivity index (χ2v) is 5.82. The standard InChI is InChI=1S/C20H24N4O3/c1-4-26-16-11-8-14(12-17(16)27-5-2)18(21)20-22-19(23-24-20)13-6-9-15(25-3)10-7-13/h6-12,18H,4-5,21H2,1-3H3,(H,22,23,24)/t18-/m0/s1. The van der Waals surface area contributed by atoms with Crippen molar-refractivity contribution in [1.29, 1.82) is 0 Å². The Bertz CT molecular complexity index is 877. The quantitative estimate of drug-likeness (QED) is 0.633. The average Bonchev–Trinajstić information content (AvgIpc) is 3.19. The number of methoxy groups -OCH3 is 1. The van der Waals surface area contributed by atoms with Crippen LogP contribution in [0.25, 0.3) is 11.4 Å². The van der Waals surface area contributed by atoms with E-state index in [0.717, 1.165) is 16.9 Å². The molecule has 0 saturated carbocycles. The van der Waals surface area contributed by atoms with Crippen molar-refractivity contribution in [3.05, 3.63) is 53.9 Å². The van der Waals surface area contributed by atoms with Crippen molar-refractivity contribution in [2.45, 2.75) is 19.9 Å². The van der Waals surface area contributed by atoms with E-state index < -0.39 is 6.04 Å². The Hall–Kier alpha value is -3.06. The highest BCUT2D eigenvalue weighted by atomic mass is 16.5. The maximum Gasteiger partial charge on any atom is 0.181 e. The molecule has 0 unspecified atom stereocenters. The van der Waals surface area contributed by atoms with Gasteiger partial charge in [-0.3, -0.25) is 5.10 Å². The summed E-state index contributed by atoms with van der Waals surface area (Å²) in [5.41, 5.74) is 8.13. The molecule has 0 bridgehead atoms. The Labute approximate surface area is 158 Å². The van der Waals surface area contributed by atoms with Crippen LogP contribution in [-0.4, -0.2) is 35.5 Å². The van der Waals surface area contributed by atoms with E-state index in [1.54, 1.807) is 7.11 Å². The van der Waals surface area contributed by atoms with Crippen LogP contribution in [0.5, 0.6) is 17.2 Å². The second kappa shape index (κ2) is 8.55. The van der Waals surface area contributed by atoms with Gasteiger partial charge in [0.15, 0.2) is 17.3 Å². The lowest BCUT2D eigenvalue weighted by molar-refractivity contribution is 0.287.